The first-order valence-electron chi connectivity index (χ1n) is 7.81. The highest BCUT2D eigenvalue weighted by Crippen LogP contribution is 2.25. The van der Waals surface area contributed by atoms with Crippen LogP contribution in [0, 0.1) is 6.92 Å². The van der Waals surface area contributed by atoms with Gasteiger partial charge >= 0.3 is 0 Å². The molecule has 4 nitrogen and oxygen atoms in total. The summed E-state index contributed by atoms with van der Waals surface area (Å²) < 4.78 is 10.5. The molecule has 0 bridgehead atoms. The van der Waals surface area contributed by atoms with Crippen LogP contribution in [-0.4, -0.2) is 46.6 Å². The van der Waals surface area contributed by atoms with Gasteiger partial charge in [-0.3, -0.25) is 0 Å². The number of anilines is 1. The van der Waals surface area contributed by atoms with Crippen molar-refractivity contribution < 1.29 is 9.47 Å². The van der Waals surface area contributed by atoms with Crippen molar-refractivity contribution in [1.29, 1.82) is 0 Å². The molecule has 0 aliphatic carbocycles. The highest BCUT2D eigenvalue weighted by Gasteiger charge is 2.19. The van der Waals surface area contributed by atoms with E-state index in [2.05, 4.69) is 35.3 Å². The molecule has 0 unspecified atom stereocenters. The first-order chi connectivity index (χ1) is 10.2. The maximum Gasteiger partial charge on any atom is 0.0605 e. The SMILES string of the molecule is COCCNCc1ccc(N2CCC(OC)CC2)c(C)c1. The molecule has 1 aliphatic heterocycles. The van der Waals surface area contributed by atoms with Gasteiger partial charge in [-0.2, -0.15) is 0 Å². The summed E-state index contributed by atoms with van der Waals surface area (Å²) in [5.74, 6) is 0. The van der Waals surface area contributed by atoms with Crippen LogP contribution in [0.1, 0.15) is 24.0 Å². The number of piperidine rings is 1. The third-order valence-electron chi connectivity index (χ3n) is 4.19. The predicted octanol–water partition coefficient (Wildman–Crippen LogP) is 2.35. The summed E-state index contributed by atoms with van der Waals surface area (Å²) in [6.07, 6.45) is 2.68. The van der Waals surface area contributed by atoms with E-state index in [0.717, 1.165) is 45.6 Å². The maximum atomic E-state index is 5.44. The summed E-state index contributed by atoms with van der Waals surface area (Å²) in [6.45, 7) is 6.93. The Morgan fingerprint density at radius 2 is 2.00 bits per heavy atom. The van der Waals surface area contributed by atoms with Gasteiger partial charge in [0.15, 0.2) is 0 Å². The minimum Gasteiger partial charge on any atom is -0.383 e. The Morgan fingerprint density at radius 3 is 2.62 bits per heavy atom. The van der Waals surface area contributed by atoms with Crippen molar-refractivity contribution in [2.75, 3.05) is 45.4 Å². The Labute approximate surface area is 128 Å². The highest BCUT2D eigenvalue weighted by atomic mass is 16.5. The topological polar surface area (TPSA) is 33.7 Å². The van der Waals surface area contributed by atoms with Crippen LogP contribution in [0.15, 0.2) is 18.2 Å². The van der Waals surface area contributed by atoms with Crippen molar-refractivity contribution in [3.05, 3.63) is 29.3 Å². The molecule has 1 heterocycles. The minimum absolute atomic E-state index is 0.436. The van der Waals surface area contributed by atoms with E-state index in [1.807, 2.05) is 7.11 Å². The average molecular weight is 292 g/mol. The molecule has 1 aromatic rings. The maximum absolute atomic E-state index is 5.44. The quantitative estimate of drug-likeness (QED) is 0.782. The molecule has 0 amide bonds. The Hall–Kier alpha value is -1.10. The molecule has 21 heavy (non-hydrogen) atoms. The molecule has 0 atom stereocenters. The van der Waals surface area contributed by atoms with Crippen molar-refractivity contribution >= 4 is 5.69 Å². The van der Waals surface area contributed by atoms with Gasteiger partial charge in [-0.1, -0.05) is 12.1 Å². The van der Waals surface area contributed by atoms with Crippen LogP contribution in [-0.2, 0) is 16.0 Å². The van der Waals surface area contributed by atoms with Crippen molar-refractivity contribution in [1.82, 2.24) is 5.32 Å². The Morgan fingerprint density at radius 1 is 1.24 bits per heavy atom. The zero-order valence-electron chi connectivity index (χ0n) is 13.5. The zero-order valence-corrected chi connectivity index (χ0v) is 13.5. The van der Waals surface area contributed by atoms with Gasteiger partial charge in [0.05, 0.1) is 12.7 Å². The number of ether oxygens (including phenoxy) is 2. The summed E-state index contributed by atoms with van der Waals surface area (Å²) in [7, 11) is 3.55. The molecule has 1 saturated heterocycles. The number of hydrogen-bond acceptors (Lipinski definition) is 4. The predicted molar refractivity (Wildman–Crippen MR) is 87.0 cm³/mol. The standard InChI is InChI=1S/C17H28N2O2/c1-14-12-15(13-18-8-11-20-2)4-5-17(14)19-9-6-16(21-3)7-10-19/h4-5,12,16,18H,6-11,13H2,1-3H3. The van der Waals surface area contributed by atoms with Crippen LogP contribution in [0.25, 0.3) is 0 Å². The van der Waals surface area contributed by atoms with Gasteiger partial charge in [0.25, 0.3) is 0 Å². The first kappa shape index (κ1) is 16.3. The fourth-order valence-corrected chi connectivity index (χ4v) is 2.92. The summed E-state index contributed by atoms with van der Waals surface area (Å²) >= 11 is 0. The van der Waals surface area contributed by atoms with E-state index in [-0.39, 0.29) is 0 Å². The van der Waals surface area contributed by atoms with Crippen molar-refractivity contribution in [3.8, 4) is 0 Å². The lowest BCUT2D eigenvalue weighted by molar-refractivity contribution is 0.0819. The third-order valence-corrected chi connectivity index (χ3v) is 4.19. The smallest absolute Gasteiger partial charge is 0.0605 e. The van der Waals surface area contributed by atoms with Crippen LogP contribution in [0.5, 0.6) is 0 Å². The van der Waals surface area contributed by atoms with Gasteiger partial charge < -0.3 is 19.7 Å². The van der Waals surface area contributed by atoms with E-state index in [0.29, 0.717) is 6.10 Å². The van der Waals surface area contributed by atoms with E-state index in [9.17, 15) is 0 Å². The van der Waals surface area contributed by atoms with Crippen LogP contribution in [0.4, 0.5) is 5.69 Å². The van der Waals surface area contributed by atoms with Gasteiger partial charge in [-0.05, 0) is 37.0 Å². The highest BCUT2D eigenvalue weighted by molar-refractivity contribution is 5.54. The second-order valence-electron chi connectivity index (χ2n) is 5.71. The average Bonchev–Trinajstić information content (AvgIpc) is 2.52. The lowest BCUT2D eigenvalue weighted by atomic mass is 10.0. The summed E-state index contributed by atoms with van der Waals surface area (Å²) in [5, 5.41) is 3.39. The monoisotopic (exact) mass is 292 g/mol. The molecule has 118 valence electrons. The number of methoxy groups -OCH3 is 2. The van der Waals surface area contributed by atoms with Gasteiger partial charge in [0.2, 0.25) is 0 Å². The number of rotatable bonds is 7. The second-order valence-corrected chi connectivity index (χ2v) is 5.71. The fourth-order valence-electron chi connectivity index (χ4n) is 2.92. The molecule has 0 radical (unpaired) electrons. The second kappa shape index (κ2) is 8.37. The molecule has 1 aromatic carbocycles. The van der Waals surface area contributed by atoms with Gasteiger partial charge in [-0.25, -0.2) is 0 Å². The molecular weight excluding hydrogens is 264 g/mol. The number of aryl methyl sites for hydroxylation is 1. The van der Waals surface area contributed by atoms with E-state index in [1.54, 1.807) is 7.11 Å². The molecule has 0 aromatic heterocycles. The number of hydrogen-bond donors (Lipinski definition) is 1. The van der Waals surface area contributed by atoms with Gasteiger partial charge in [0.1, 0.15) is 0 Å². The first-order valence-corrected chi connectivity index (χ1v) is 7.81. The van der Waals surface area contributed by atoms with Crippen LogP contribution < -0.4 is 10.2 Å². The third kappa shape index (κ3) is 4.70. The Kier molecular flexibility index (Phi) is 6.49. The number of nitrogens with one attached hydrogen (secondary N) is 1. The Bertz CT molecular complexity index is 429. The van der Waals surface area contributed by atoms with Crippen molar-refractivity contribution in [2.24, 2.45) is 0 Å². The zero-order chi connectivity index (χ0) is 15.1. The van der Waals surface area contributed by atoms with E-state index in [4.69, 9.17) is 9.47 Å². The van der Waals surface area contributed by atoms with Crippen LogP contribution in [0.2, 0.25) is 0 Å². The van der Waals surface area contributed by atoms with Gasteiger partial charge in [-0.15, -0.1) is 0 Å². The van der Waals surface area contributed by atoms with Gasteiger partial charge in [0, 0.05) is 46.1 Å². The van der Waals surface area contributed by atoms with Crippen molar-refractivity contribution in [2.45, 2.75) is 32.4 Å². The molecule has 4 heteroatoms. The lowest BCUT2D eigenvalue weighted by Crippen LogP contribution is -2.37. The van der Waals surface area contributed by atoms with E-state index >= 15 is 0 Å². The number of benzene rings is 1. The molecule has 1 N–H and O–H groups in total. The molecule has 1 aliphatic rings. The number of nitrogens with zero attached hydrogens (tertiary/aromatic N) is 1. The summed E-state index contributed by atoms with van der Waals surface area (Å²) in [6, 6.07) is 6.78. The largest absolute Gasteiger partial charge is 0.383 e. The summed E-state index contributed by atoms with van der Waals surface area (Å²) in [5.41, 5.74) is 4.06. The summed E-state index contributed by atoms with van der Waals surface area (Å²) in [4.78, 5) is 2.48. The fraction of sp³-hybridized carbons (Fsp3) is 0.647. The molecule has 1 fully saturated rings. The van der Waals surface area contributed by atoms with E-state index < -0.39 is 0 Å². The van der Waals surface area contributed by atoms with Crippen molar-refractivity contribution in [3.63, 3.8) is 0 Å². The minimum atomic E-state index is 0.436. The van der Waals surface area contributed by atoms with Crippen LogP contribution in [0.3, 0.4) is 0 Å². The normalized spacial score (nSPS) is 16.4. The molecular formula is C17H28N2O2. The van der Waals surface area contributed by atoms with Crippen LogP contribution >= 0.6 is 0 Å². The molecule has 2 rings (SSSR count). The molecule has 0 spiro atoms. The molecule has 0 saturated carbocycles. The Balaban J connectivity index is 1.90. The lowest BCUT2D eigenvalue weighted by Gasteiger charge is -2.34. The van der Waals surface area contributed by atoms with E-state index in [1.165, 1.54) is 16.8 Å².